The number of likely N-dealkylation sites (tertiary alicyclic amines) is 1. The zero-order valence-corrected chi connectivity index (χ0v) is 15.8. The third-order valence-electron chi connectivity index (χ3n) is 5.14. The van der Waals surface area contributed by atoms with E-state index in [1.165, 1.54) is 34.8 Å². The monoisotopic (exact) mass is 372 g/mol. The Kier molecular flexibility index (Phi) is 4.63. The number of nitrogens with zero attached hydrogens (tertiary/aromatic N) is 1. The molecular weight excluding hydrogens is 349 g/mol. The fraction of sp³-hybridized carbons (Fsp3) is 0.400. The van der Waals surface area contributed by atoms with Gasteiger partial charge in [-0.05, 0) is 24.1 Å². The molecular formula is C20H23FN3OS+. The number of quaternary nitrogens is 1. The third kappa shape index (κ3) is 3.44. The van der Waals surface area contributed by atoms with E-state index in [0.29, 0.717) is 17.2 Å². The number of H-pyrrole nitrogens is 1. The second kappa shape index (κ2) is 6.93. The number of fused-ring (bicyclic) bond motifs is 1. The van der Waals surface area contributed by atoms with Crippen LogP contribution < -0.4 is 10.5 Å². The molecule has 3 heterocycles. The summed E-state index contributed by atoms with van der Waals surface area (Å²) in [5.74, 6) is 1.88. The van der Waals surface area contributed by atoms with E-state index in [1.807, 2.05) is 5.38 Å². The first kappa shape index (κ1) is 17.4. The van der Waals surface area contributed by atoms with Crippen LogP contribution in [0.15, 0.2) is 34.4 Å². The molecule has 0 spiro atoms. The number of rotatable bonds is 3. The molecule has 6 heteroatoms. The molecule has 1 aromatic carbocycles. The molecule has 26 heavy (non-hydrogen) atoms. The minimum Gasteiger partial charge on any atom is -0.328 e. The van der Waals surface area contributed by atoms with Crippen LogP contribution in [0.2, 0.25) is 0 Å². The largest absolute Gasteiger partial charge is 0.328 e. The van der Waals surface area contributed by atoms with Crippen molar-refractivity contribution in [1.29, 1.82) is 0 Å². The van der Waals surface area contributed by atoms with Crippen molar-refractivity contribution in [2.24, 2.45) is 11.8 Å². The van der Waals surface area contributed by atoms with E-state index >= 15 is 0 Å². The van der Waals surface area contributed by atoms with Crippen LogP contribution in [-0.2, 0) is 6.54 Å². The Labute approximate surface area is 155 Å². The van der Waals surface area contributed by atoms with E-state index in [-0.39, 0.29) is 11.4 Å². The van der Waals surface area contributed by atoms with Gasteiger partial charge in [-0.25, -0.2) is 9.37 Å². The number of aromatic amines is 1. The van der Waals surface area contributed by atoms with Crippen LogP contribution in [-0.4, -0.2) is 23.1 Å². The maximum atomic E-state index is 13.2. The van der Waals surface area contributed by atoms with Gasteiger partial charge in [0.25, 0.3) is 5.56 Å². The molecule has 1 aliphatic heterocycles. The van der Waals surface area contributed by atoms with E-state index in [1.54, 1.807) is 12.1 Å². The number of hydrogen-bond acceptors (Lipinski definition) is 3. The van der Waals surface area contributed by atoms with Gasteiger partial charge < -0.3 is 9.88 Å². The number of piperidine rings is 1. The van der Waals surface area contributed by atoms with Crippen LogP contribution in [0.1, 0.15) is 26.1 Å². The van der Waals surface area contributed by atoms with Crippen molar-refractivity contribution in [3.63, 3.8) is 0 Å². The highest BCUT2D eigenvalue weighted by Gasteiger charge is 2.26. The molecule has 0 aliphatic carbocycles. The Balaban J connectivity index is 1.66. The van der Waals surface area contributed by atoms with E-state index in [0.717, 1.165) is 41.4 Å². The highest BCUT2D eigenvalue weighted by atomic mass is 32.1. The van der Waals surface area contributed by atoms with Crippen LogP contribution in [0, 0.1) is 17.7 Å². The maximum absolute atomic E-state index is 13.2. The van der Waals surface area contributed by atoms with E-state index in [2.05, 4.69) is 18.8 Å². The molecule has 3 aromatic rings. The normalized spacial score (nSPS) is 23.4. The van der Waals surface area contributed by atoms with Crippen molar-refractivity contribution < 1.29 is 9.29 Å². The van der Waals surface area contributed by atoms with E-state index in [9.17, 15) is 9.18 Å². The average molecular weight is 372 g/mol. The van der Waals surface area contributed by atoms with Crippen molar-refractivity contribution in [2.75, 3.05) is 13.1 Å². The van der Waals surface area contributed by atoms with Crippen LogP contribution in [0.3, 0.4) is 0 Å². The molecule has 1 unspecified atom stereocenters. The second-order valence-corrected chi connectivity index (χ2v) is 8.49. The molecule has 136 valence electrons. The van der Waals surface area contributed by atoms with Gasteiger partial charge in [0.2, 0.25) is 0 Å². The van der Waals surface area contributed by atoms with Crippen LogP contribution in [0.25, 0.3) is 21.3 Å². The standard InChI is InChI=1S/C20H22FN3OS/c1-12-7-13(2)9-24(8-12)10-17-22-19(25)18-16(11-26-20(18)23-17)14-3-5-15(21)6-4-14/h3-6,11-13H,7-10H2,1-2H3,(H,22,23,25)/p+1/t12-,13+. The molecule has 2 N–H and O–H groups in total. The summed E-state index contributed by atoms with van der Waals surface area (Å²) in [5, 5.41) is 2.53. The first-order valence-corrected chi connectivity index (χ1v) is 9.97. The number of aromatic nitrogens is 2. The number of halogens is 1. The first-order chi connectivity index (χ1) is 12.5. The zero-order valence-electron chi connectivity index (χ0n) is 15.0. The lowest BCUT2D eigenvalue weighted by Crippen LogP contribution is -3.13. The highest BCUT2D eigenvalue weighted by Crippen LogP contribution is 2.30. The average Bonchev–Trinajstić information content (AvgIpc) is 2.99. The summed E-state index contributed by atoms with van der Waals surface area (Å²) < 4.78 is 13.2. The molecule has 1 aliphatic rings. The molecule has 2 aromatic heterocycles. The minimum atomic E-state index is -0.282. The number of benzene rings is 1. The smallest absolute Gasteiger partial charge is 0.260 e. The van der Waals surface area contributed by atoms with Gasteiger partial charge in [0, 0.05) is 22.8 Å². The van der Waals surface area contributed by atoms with Crippen LogP contribution in [0.5, 0.6) is 0 Å². The topological polar surface area (TPSA) is 50.2 Å². The third-order valence-corrected chi connectivity index (χ3v) is 6.02. The molecule has 4 rings (SSSR count). The van der Waals surface area contributed by atoms with E-state index in [4.69, 9.17) is 4.98 Å². The minimum absolute atomic E-state index is 0.108. The van der Waals surface area contributed by atoms with Gasteiger partial charge in [-0.15, -0.1) is 11.3 Å². The lowest BCUT2D eigenvalue weighted by molar-refractivity contribution is -0.926. The molecule has 3 atom stereocenters. The van der Waals surface area contributed by atoms with Crippen LogP contribution in [0.4, 0.5) is 4.39 Å². The lowest BCUT2D eigenvalue weighted by Gasteiger charge is -2.31. The Morgan fingerprint density at radius 1 is 1.23 bits per heavy atom. The van der Waals surface area contributed by atoms with Crippen molar-refractivity contribution in [3.05, 3.63) is 51.6 Å². The SMILES string of the molecule is C[C@@H]1C[C@H](C)C[NH+](Cc2nc3scc(-c4ccc(F)cc4)c3c(=O)[nH]2)C1. The fourth-order valence-corrected chi connectivity index (χ4v) is 5.19. The molecule has 4 nitrogen and oxygen atoms in total. The molecule has 1 fully saturated rings. The van der Waals surface area contributed by atoms with Crippen LogP contribution >= 0.6 is 11.3 Å². The maximum Gasteiger partial charge on any atom is 0.260 e. The van der Waals surface area contributed by atoms with E-state index < -0.39 is 0 Å². The van der Waals surface area contributed by atoms with Crippen molar-refractivity contribution in [3.8, 4) is 11.1 Å². The predicted octanol–water partition coefficient (Wildman–Crippen LogP) is 2.85. The summed E-state index contributed by atoms with van der Waals surface area (Å²) in [6.07, 6.45) is 1.28. The van der Waals surface area contributed by atoms with Crippen molar-refractivity contribution >= 4 is 21.6 Å². The molecule has 0 saturated carbocycles. The van der Waals surface area contributed by atoms with Gasteiger partial charge in [-0.1, -0.05) is 26.0 Å². The Bertz CT molecular complexity index is 969. The van der Waals surface area contributed by atoms with Gasteiger partial charge in [-0.2, -0.15) is 0 Å². The Morgan fingerprint density at radius 3 is 2.62 bits per heavy atom. The van der Waals surface area contributed by atoms with Gasteiger partial charge in [-0.3, -0.25) is 4.79 Å². The molecule has 1 saturated heterocycles. The van der Waals surface area contributed by atoms with Gasteiger partial charge in [0.1, 0.15) is 17.2 Å². The van der Waals surface area contributed by atoms with Gasteiger partial charge in [0.15, 0.2) is 5.82 Å². The fourth-order valence-electron chi connectivity index (χ4n) is 4.22. The molecule has 0 radical (unpaired) electrons. The summed E-state index contributed by atoms with van der Waals surface area (Å²) in [4.78, 5) is 22.6. The zero-order chi connectivity index (χ0) is 18.3. The number of nitrogens with one attached hydrogen (secondary N) is 2. The summed E-state index contributed by atoms with van der Waals surface area (Å²) in [6, 6.07) is 6.23. The van der Waals surface area contributed by atoms with Gasteiger partial charge >= 0.3 is 0 Å². The predicted molar refractivity (Wildman–Crippen MR) is 103 cm³/mol. The number of hydrogen-bond donors (Lipinski definition) is 2. The Morgan fingerprint density at radius 2 is 1.92 bits per heavy atom. The summed E-state index contributed by atoms with van der Waals surface area (Å²) in [5.41, 5.74) is 1.54. The highest BCUT2D eigenvalue weighted by molar-refractivity contribution is 7.17. The first-order valence-electron chi connectivity index (χ1n) is 9.09. The summed E-state index contributed by atoms with van der Waals surface area (Å²) in [7, 11) is 0. The summed E-state index contributed by atoms with van der Waals surface area (Å²) in [6.45, 7) is 7.59. The van der Waals surface area contributed by atoms with Gasteiger partial charge in [0.05, 0.1) is 18.5 Å². The lowest BCUT2D eigenvalue weighted by atomic mass is 9.92. The van der Waals surface area contributed by atoms with Crippen molar-refractivity contribution in [2.45, 2.75) is 26.8 Å². The Hall–Kier alpha value is -2.05. The summed E-state index contributed by atoms with van der Waals surface area (Å²) >= 11 is 1.47. The second-order valence-electron chi connectivity index (χ2n) is 7.63. The molecule has 0 amide bonds. The van der Waals surface area contributed by atoms with Crippen molar-refractivity contribution in [1.82, 2.24) is 9.97 Å². The quantitative estimate of drug-likeness (QED) is 0.743. The number of thiophene rings is 1. The molecule has 0 bridgehead atoms.